The third-order valence-electron chi connectivity index (χ3n) is 4.47. The Hall–Kier alpha value is -2.37. The summed E-state index contributed by atoms with van der Waals surface area (Å²) in [4.78, 5) is 12.5. The predicted molar refractivity (Wildman–Crippen MR) is 102 cm³/mol. The predicted octanol–water partition coefficient (Wildman–Crippen LogP) is 4.32. The molecule has 3 rings (SSSR count). The maximum absolute atomic E-state index is 12.5. The van der Waals surface area contributed by atoms with Gasteiger partial charge in [-0.05, 0) is 50.5 Å². The fourth-order valence-corrected chi connectivity index (χ4v) is 3.06. The Morgan fingerprint density at radius 3 is 2.58 bits per heavy atom. The minimum absolute atomic E-state index is 0.267. The van der Waals surface area contributed by atoms with Gasteiger partial charge in [-0.2, -0.15) is 0 Å². The fraction of sp³-hybridized carbons (Fsp3) is 0.381. The zero-order chi connectivity index (χ0) is 18.7. The van der Waals surface area contributed by atoms with Crippen LogP contribution in [0.3, 0.4) is 0 Å². The third-order valence-corrected chi connectivity index (χ3v) is 4.47. The highest BCUT2D eigenvalue weighted by Crippen LogP contribution is 2.33. The van der Waals surface area contributed by atoms with E-state index in [2.05, 4.69) is 10.6 Å². The van der Waals surface area contributed by atoms with E-state index in [-0.39, 0.29) is 18.2 Å². The van der Waals surface area contributed by atoms with E-state index >= 15 is 0 Å². The quantitative estimate of drug-likeness (QED) is 0.863. The number of carbonyl (C=O) groups is 1. The first-order chi connectivity index (χ1) is 12.3. The maximum Gasteiger partial charge on any atom is 0.319 e. The molecule has 0 bridgehead atoms. The lowest BCUT2D eigenvalue weighted by molar-refractivity contribution is -0.284. The van der Waals surface area contributed by atoms with E-state index in [9.17, 15) is 4.79 Å². The number of hydrogen-bond acceptors (Lipinski definition) is 3. The van der Waals surface area contributed by atoms with Crippen molar-refractivity contribution in [2.75, 3.05) is 11.9 Å². The molecule has 1 aliphatic rings. The van der Waals surface area contributed by atoms with Gasteiger partial charge in [-0.15, -0.1) is 0 Å². The summed E-state index contributed by atoms with van der Waals surface area (Å²) in [6.45, 7) is 8.12. The van der Waals surface area contributed by atoms with Gasteiger partial charge in [0.05, 0.1) is 12.6 Å². The number of urea groups is 1. The first-order valence-corrected chi connectivity index (χ1v) is 8.85. The average molecular weight is 354 g/mol. The number of hydrogen-bond donors (Lipinski definition) is 2. The van der Waals surface area contributed by atoms with Crippen molar-refractivity contribution in [1.82, 2.24) is 5.32 Å². The minimum Gasteiger partial charge on any atom is -0.348 e. The molecule has 138 valence electrons. The highest BCUT2D eigenvalue weighted by atomic mass is 16.7. The van der Waals surface area contributed by atoms with Gasteiger partial charge in [-0.25, -0.2) is 4.79 Å². The molecule has 0 aromatic heterocycles. The van der Waals surface area contributed by atoms with Crippen LogP contribution in [0.25, 0.3) is 0 Å². The Balaban J connectivity index is 1.74. The van der Waals surface area contributed by atoms with Gasteiger partial charge in [-0.3, -0.25) is 0 Å². The molecule has 1 heterocycles. The van der Waals surface area contributed by atoms with Crippen molar-refractivity contribution < 1.29 is 14.3 Å². The molecule has 0 radical (unpaired) electrons. The molecular formula is C21H26N2O3. The molecule has 0 aliphatic carbocycles. The number of carbonyl (C=O) groups excluding carboxylic acids is 1. The van der Waals surface area contributed by atoms with E-state index < -0.39 is 5.79 Å². The van der Waals surface area contributed by atoms with Crippen LogP contribution < -0.4 is 10.6 Å². The van der Waals surface area contributed by atoms with Crippen LogP contribution >= 0.6 is 0 Å². The number of anilines is 1. The van der Waals surface area contributed by atoms with Crippen molar-refractivity contribution >= 4 is 11.7 Å². The van der Waals surface area contributed by atoms with Gasteiger partial charge in [0.1, 0.15) is 6.10 Å². The standard InChI is InChI=1S/C21H26N2O3/c1-14-10-11-15(2)17(12-14)22-20(24)23-18-13-25-21(3,4)26-19(18)16-8-6-5-7-9-16/h5-12,18-19H,13H2,1-4H3,(H2,22,23,24). The van der Waals surface area contributed by atoms with Gasteiger partial charge in [-0.1, -0.05) is 42.5 Å². The molecule has 0 saturated carbocycles. The van der Waals surface area contributed by atoms with E-state index in [4.69, 9.17) is 9.47 Å². The van der Waals surface area contributed by atoms with Gasteiger partial charge in [0.2, 0.25) is 0 Å². The second-order valence-corrected chi connectivity index (χ2v) is 7.18. The van der Waals surface area contributed by atoms with Crippen LogP contribution in [-0.4, -0.2) is 24.5 Å². The van der Waals surface area contributed by atoms with Crippen molar-refractivity contribution in [2.45, 2.75) is 45.6 Å². The molecule has 0 spiro atoms. The van der Waals surface area contributed by atoms with Crippen LogP contribution in [0.4, 0.5) is 10.5 Å². The van der Waals surface area contributed by atoms with E-state index in [0.717, 1.165) is 22.4 Å². The molecule has 2 atom stereocenters. The van der Waals surface area contributed by atoms with E-state index in [1.807, 2.05) is 76.2 Å². The minimum atomic E-state index is -0.692. The van der Waals surface area contributed by atoms with E-state index in [1.165, 1.54) is 0 Å². The number of aryl methyl sites for hydroxylation is 2. The lowest BCUT2D eigenvalue weighted by Gasteiger charge is -2.41. The number of rotatable bonds is 3. The molecule has 2 unspecified atom stereocenters. The van der Waals surface area contributed by atoms with Crippen LogP contribution in [0.1, 0.15) is 36.6 Å². The molecule has 5 nitrogen and oxygen atoms in total. The zero-order valence-electron chi connectivity index (χ0n) is 15.7. The van der Waals surface area contributed by atoms with Crippen LogP contribution in [0.5, 0.6) is 0 Å². The summed E-state index contributed by atoms with van der Waals surface area (Å²) >= 11 is 0. The monoisotopic (exact) mass is 354 g/mol. The lowest BCUT2D eigenvalue weighted by Crippen LogP contribution is -2.52. The van der Waals surface area contributed by atoms with Crippen LogP contribution in [-0.2, 0) is 9.47 Å². The van der Waals surface area contributed by atoms with Crippen molar-refractivity contribution in [2.24, 2.45) is 0 Å². The molecule has 2 N–H and O–H groups in total. The molecule has 2 aromatic rings. The van der Waals surface area contributed by atoms with E-state index in [1.54, 1.807) is 0 Å². The molecular weight excluding hydrogens is 328 g/mol. The topological polar surface area (TPSA) is 59.6 Å². The summed E-state index contributed by atoms with van der Waals surface area (Å²) in [5.41, 5.74) is 3.93. The molecule has 1 saturated heterocycles. The summed E-state index contributed by atoms with van der Waals surface area (Å²) in [7, 11) is 0. The number of ether oxygens (including phenoxy) is 2. The van der Waals surface area contributed by atoms with Gasteiger partial charge >= 0.3 is 6.03 Å². The molecule has 26 heavy (non-hydrogen) atoms. The molecule has 2 aromatic carbocycles. The first-order valence-electron chi connectivity index (χ1n) is 8.85. The second kappa shape index (κ2) is 7.48. The third kappa shape index (κ3) is 4.42. The van der Waals surface area contributed by atoms with Crippen LogP contribution in [0, 0.1) is 13.8 Å². The summed E-state index contributed by atoms with van der Waals surface area (Å²) in [6, 6.07) is 15.3. The molecule has 1 aliphatic heterocycles. The Labute approximate surface area is 154 Å². The Kier molecular flexibility index (Phi) is 5.30. The first kappa shape index (κ1) is 18.4. The SMILES string of the molecule is Cc1ccc(C)c(NC(=O)NC2COC(C)(C)OC2c2ccccc2)c1. The van der Waals surface area contributed by atoms with Gasteiger partial charge in [0.15, 0.2) is 5.79 Å². The van der Waals surface area contributed by atoms with Crippen molar-refractivity contribution in [3.8, 4) is 0 Å². The molecule has 2 amide bonds. The molecule has 5 heteroatoms. The zero-order valence-corrected chi connectivity index (χ0v) is 15.7. The van der Waals surface area contributed by atoms with Gasteiger partial charge in [0.25, 0.3) is 0 Å². The number of nitrogens with one attached hydrogen (secondary N) is 2. The van der Waals surface area contributed by atoms with Crippen molar-refractivity contribution in [3.63, 3.8) is 0 Å². The highest BCUT2D eigenvalue weighted by molar-refractivity contribution is 5.90. The number of amides is 2. The Bertz CT molecular complexity index is 774. The van der Waals surface area contributed by atoms with Crippen molar-refractivity contribution in [3.05, 3.63) is 65.2 Å². The summed E-state index contributed by atoms with van der Waals surface area (Å²) in [5, 5.41) is 5.93. The van der Waals surface area contributed by atoms with Gasteiger partial charge < -0.3 is 20.1 Å². The van der Waals surface area contributed by atoms with Crippen molar-refractivity contribution in [1.29, 1.82) is 0 Å². The molecule has 1 fully saturated rings. The highest BCUT2D eigenvalue weighted by Gasteiger charge is 2.38. The summed E-state index contributed by atoms with van der Waals surface area (Å²) in [5.74, 6) is -0.692. The summed E-state index contributed by atoms with van der Waals surface area (Å²) in [6.07, 6.45) is -0.274. The largest absolute Gasteiger partial charge is 0.348 e. The maximum atomic E-state index is 12.5. The summed E-state index contributed by atoms with van der Waals surface area (Å²) < 4.78 is 11.9. The Morgan fingerprint density at radius 2 is 1.85 bits per heavy atom. The fourth-order valence-electron chi connectivity index (χ4n) is 3.06. The van der Waals surface area contributed by atoms with Gasteiger partial charge in [0, 0.05) is 5.69 Å². The smallest absolute Gasteiger partial charge is 0.319 e. The van der Waals surface area contributed by atoms with E-state index in [0.29, 0.717) is 6.61 Å². The van der Waals surface area contributed by atoms with Crippen LogP contribution in [0.2, 0.25) is 0 Å². The number of benzene rings is 2. The second-order valence-electron chi connectivity index (χ2n) is 7.18. The Morgan fingerprint density at radius 1 is 1.12 bits per heavy atom. The lowest BCUT2D eigenvalue weighted by atomic mass is 10.0. The average Bonchev–Trinajstić information content (AvgIpc) is 2.60. The normalized spacial score (nSPS) is 21.8. The van der Waals surface area contributed by atoms with Crippen LogP contribution in [0.15, 0.2) is 48.5 Å².